The van der Waals surface area contributed by atoms with Gasteiger partial charge in [-0.25, -0.2) is 0 Å². The van der Waals surface area contributed by atoms with Crippen molar-refractivity contribution in [1.29, 1.82) is 0 Å². The number of hydrogen-bond acceptors (Lipinski definition) is 1. The molecule has 0 spiro atoms. The maximum Gasteiger partial charge on any atom is 0.0702 e. The maximum absolute atomic E-state index is 4.59. The second-order valence-corrected chi connectivity index (χ2v) is 8.10. The minimum absolute atomic E-state index is 0.169. The molecule has 2 aromatic carbocycles. The van der Waals surface area contributed by atoms with Gasteiger partial charge in [-0.15, -0.1) is 0 Å². The molecule has 0 N–H and O–H groups in total. The first-order valence-electron chi connectivity index (χ1n) is 10.8. The van der Waals surface area contributed by atoms with Gasteiger partial charge in [0.1, 0.15) is 0 Å². The van der Waals surface area contributed by atoms with Gasteiger partial charge in [0.15, 0.2) is 0 Å². The van der Waals surface area contributed by atoms with E-state index in [2.05, 4.69) is 87.3 Å². The summed E-state index contributed by atoms with van der Waals surface area (Å²) >= 11 is 0. The molecule has 0 saturated heterocycles. The summed E-state index contributed by atoms with van der Waals surface area (Å²) in [6, 6.07) is 22.3. The van der Waals surface area contributed by atoms with E-state index in [1.54, 1.807) is 0 Å². The van der Waals surface area contributed by atoms with Gasteiger partial charge >= 0.3 is 0 Å². The van der Waals surface area contributed by atoms with E-state index < -0.39 is 0 Å². The molecule has 1 aliphatic rings. The minimum Gasteiger partial charge on any atom is -0.256 e. The van der Waals surface area contributed by atoms with E-state index in [0.717, 1.165) is 18.5 Å². The van der Waals surface area contributed by atoms with Crippen LogP contribution in [0.4, 0.5) is 0 Å². The molecule has 0 unspecified atom stereocenters. The van der Waals surface area contributed by atoms with E-state index in [-0.39, 0.29) is 10.8 Å². The van der Waals surface area contributed by atoms with Crippen molar-refractivity contribution in [3.8, 4) is 22.4 Å². The molecule has 0 aliphatic heterocycles. The molecule has 1 aromatic heterocycles. The van der Waals surface area contributed by atoms with Crippen LogP contribution in [-0.2, 0) is 10.8 Å². The molecule has 0 atom stereocenters. The van der Waals surface area contributed by atoms with E-state index in [1.807, 2.05) is 12.3 Å². The van der Waals surface area contributed by atoms with Crippen molar-refractivity contribution < 1.29 is 0 Å². The molecular formula is C27H31N. The van der Waals surface area contributed by atoms with Gasteiger partial charge in [0.2, 0.25) is 0 Å². The lowest BCUT2D eigenvalue weighted by molar-refractivity contribution is 0.174. The number of benzene rings is 2. The first kappa shape index (κ1) is 18.9. The predicted molar refractivity (Wildman–Crippen MR) is 120 cm³/mol. The van der Waals surface area contributed by atoms with Gasteiger partial charge in [0.25, 0.3) is 0 Å². The Morgan fingerprint density at radius 3 is 1.86 bits per heavy atom. The van der Waals surface area contributed by atoms with Crippen molar-refractivity contribution in [2.24, 2.45) is 0 Å². The van der Waals surface area contributed by atoms with E-state index >= 15 is 0 Å². The fourth-order valence-corrected chi connectivity index (χ4v) is 6.14. The van der Waals surface area contributed by atoms with Crippen LogP contribution in [0.3, 0.4) is 0 Å². The SMILES string of the molecule is CCC1(CC)c2ccccc2-c2cc(-c3ccccn3)ccc2C1(CC)CC. The van der Waals surface area contributed by atoms with Gasteiger partial charge in [0, 0.05) is 22.6 Å². The highest BCUT2D eigenvalue weighted by atomic mass is 14.7. The molecule has 4 rings (SSSR count). The Morgan fingerprint density at radius 2 is 1.25 bits per heavy atom. The summed E-state index contributed by atoms with van der Waals surface area (Å²) < 4.78 is 0. The van der Waals surface area contributed by atoms with E-state index in [1.165, 1.54) is 40.7 Å². The summed E-state index contributed by atoms with van der Waals surface area (Å²) in [5.74, 6) is 0. The van der Waals surface area contributed by atoms with Crippen LogP contribution in [0, 0.1) is 0 Å². The summed E-state index contributed by atoms with van der Waals surface area (Å²) in [4.78, 5) is 4.59. The largest absolute Gasteiger partial charge is 0.256 e. The van der Waals surface area contributed by atoms with Gasteiger partial charge in [0.05, 0.1) is 5.69 Å². The molecule has 1 nitrogen and oxygen atoms in total. The van der Waals surface area contributed by atoms with Crippen molar-refractivity contribution in [1.82, 2.24) is 4.98 Å². The number of fused-ring (bicyclic) bond motifs is 3. The van der Waals surface area contributed by atoms with Crippen LogP contribution in [0.2, 0.25) is 0 Å². The Labute approximate surface area is 169 Å². The summed E-state index contributed by atoms with van der Waals surface area (Å²) in [7, 11) is 0. The third-order valence-electron chi connectivity index (χ3n) is 7.56. The lowest BCUT2D eigenvalue weighted by Gasteiger charge is -2.55. The number of nitrogens with zero attached hydrogens (tertiary/aromatic N) is 1. The van der Waals surface area contributed by atoms with Gasteiger partial charge in [-0.1, -0.05) is 70.2 Å². The molecule has 1 heteroatoms. The Bertz CT molecular complexity index is 963. The quantitative estimate of drug-likeness (QED) is 0.452. The molecule has 28 heavy (non-hydrogen) atoms. The number of pyridine rings is 1. The summed E-state index contributed by atoms with van der Waals surface area (Å²) in [6.07, 6.45) is 6.54. The predicted octanol–water partition coefficient (Wildman–Crippen LogP) is 7.54. The third-order valence-corrected chi connectivity index (χ3v) is 7.56. The van der Waals surface area contributed by atoms with Crippen molar-refractivity contribution in [3.63, 3.8) is 0 Å². The Hall–Kier alpha value is -2.41. The molecule has 1 aliphatic carbocycles. The molecule has 0 bridgehead atoms. The standard InChI is InChI=1S/C27H31N/c1-5-26(6-2)23-14-10-9-13-21(23)22-19-20(25-15-11-12-18-28-25)16-17-24(22)27(26,7-3)8-4/h9-19H,5-8H2,1-4H3. The highest BCUT2D eigenvalue weighted by molar-refractivity contribution is 5.81. The van der Waals surface area contributed by atoms with Crippen LogP contribution >= 0.6 is 0 Å². The number of aromatic nitrogens is 1. The van der Waals surface area contributed by atoms with Crippen LogP contribution < -0.4 is 0 Å². The smallest absolute Gasteiger partial charge is 0.0702 e. The maximum atomic E-state index is 4.59. The number of hydrogen-bond donors (Lipinski definition) is 0. The van der Waals surface area contributed by atoms with Crippen LogP contribution in [0.25, 0.3) is 22.4 Å². The fourth-order valence-electron chi connectivity index (χ4n) is 6.14. The molecule has 0 saturated carbocycles. The van der Waals surface area contributed by atoms with Crippen LogP contribution in [-0.4, -0.2) is 4.98 Å². The molecule has 3 aromatic rings. The van der Waals surface area contributed by atoms with Crippen molar-refractivity contribution in [3.05, 3.63) is 78.0 Å². The normalized spacial score (nSPS) is 16.3. The highest BCUT2D eigenvalue weighted by Gasteiger charge is 2.53. The third kappa shape index (κ3) is 2.42. The average molecular weight is 370 g/mol. The van der Waals surface area contributed by atoms with Crippen LogP contribution in [0.5, 0.6) is 0 Å². The Kier molecular flexibility index (Phi) is 4.87. The van der Waals surface area contributed by atoms with Gasteiger partial charge in [-0.3, -0.25) is 4.98 Å². The zero-order chi connectivity index (χ0) is 19.8. The zero-order valence-corrected chi connectivity index (χ0v) is 17.6. The molecule has 0 radical (unpaired) electrons. The van der Waals surface area contributed by atoms with E-state index in [0.29, 0.717) is 0 Å². The molecular weight excluding hydrogens is 338 g/mol. The second kappa shape index (κ2) is 7.20. The van der Waals surface area contributed by atoms with Crippen molar-refractivity contribution in [2.45, 2.75) is 64.2 Å². The van der Waals surface area contributed by atoms with Crippen molar-refractivity contribution >= 4 is 0 Å². The van der Waals surface area contributed by atoms with E-state index in [9.17, 15) is 0 Å². The topological polar surface area (TPSA) is 12.9 Å². The first-order valence-corrected chi connectivity index (χ1v) is 10.8. The lowest BCUT2D eigenvalue weighted by atomic mass is 9.48. The second-order valence-electron chi connectivity index (χ2n) is 8.10. The summed E-state index contributed by atoms with van der Waals surface area (Å²) in [6.45, 7) is 9.53. The first-order chi connectivity index (χ1) is 13.7. The van der Waals surface area contributed by atoms with Crippen LogP contribution in [0.15, 0.2) is 66.9 Å². The van der Waals surface area contributed by atoms with Gasteiger partial charge < -0.3 is 0 Å². The fraction of sp³-hybridized carbons (Fsp3) is 0.370. The molecule has 0 amide bonds. The number of rotatable bonds is 5. The summed E-state index contributed by atoms with van der Waals surface area (Å²) in [5, 5.41) is 0. The minimum atomic E-state index is 0.169. The highest BCUT2D eigenvalue weighted by Crippen LogP contribution is 2.60. The van der Waals surface area contributed by atoms with Gasteiger partial charge in [-0.05, 0) is 66.1 Å². The zero-order valence-electron chi connectivity index (χ0n) is 17.6. The molecule has 0 fully saturated rings. The molecule has 144 valence electrons. The van der Waals surface area contributed by atoms with E-state index in [4.69, 9.17) is 0 Å². The Balaban J connectivity index is 2.06. The lowest BCUT2D eigenvalue weighted by Crippen LogP contribution is -2.50. The average Bonchev–Trinajstić information content (AvgIpc) is 2.78. The Morgan fingerprint density at radius 1 is 0.643 bits per heavy atom. The summed E-state index contributed by atoms with van der Waals surface area (Å²) in [5.41, 5.74) is 8.49. The molecule has 1 heterocycles. The van der Waals surface area contributed by atoms with Gasteiger partial charge in [-0.2, -0.15) is 0 Å². The van der Waals surface area contributed by atoms with Crippen molar-refractivity contribution in [2.75, 3.05) is 0 Å². The monoisotopic (exact) mass is 369 g/mol. The van der Waals surface area contributed by atoms with Crippen LogP contribution in [0.1, 0.15) is 64.5 Å².